The van der Waals surface area contributed by atoms with Gasteiger partial charge in [-0.1, -0.05) is 18.5 Å². The van der Waals surface area contributed by atoms with Crippen LogP contribution in [0.4, 0.5) is 5.69 Å². The molecule has 0 spiro atoms. The first-order chi connectivity index (χ1) is 10.6. The zero-order valence-corrected chi connectivity index (χ0v) is 14.2. The molecule has 1 aromatic rings. The third kappa shape index (κ3) is 2.99. The number of hydrogen-bond donors (Lipinski definition) is 1. The third-order valence-corrected chi connectivity index (χ3v) is 4.91. The van der Waals surface area contributed by atoms with Crippen LogP contribution in [0.15, 0.2) is 6.07 Å². The molecule has 0 aromatic heterocycles. The molecule has 0 saturated carbocycles. The number of nitrogens with two attached hydrogens (primary N) is 1. The summed E-state index contributed by atoms with van der Waals surface area (Å²) in [7, 11) is 0. The number of nitrogens with zero attached hydrogens (tertiary/aromatic N) is 1. The first-order valence-corrected chi connectivity index (χ1v) is 8.61. The Labute approximate surface area is 137 Å². The summed E-state index contributed by atoms with van der Waals surface area (Å²) in [6, 6.07) is 1.98. The van der Waals surface area contributed by atoms with Gasteiger partial charge in [-0.2, -0.15) is 0 Å². The highest BCUT2D eigenvalue weighted by Crippen LogP contribution is 2.48. The second kappa shape index (κ2) is 6.55. The Morgan fingerprint density at radius 2 is 2.05 bits per heavy atom. The second-order valence-corrected chi connectivity index (χ2v) is 6.78. The summed E-state index contributed by atoms with van der Waals surface area (Å²) in [5.74, 6) is 1.92. The van der Waals surface area contributed by atoms with Gasteiger partial charge < -0.3 is 20.1 Å². The minimum absolute atomic E-state index is 0.00696. The van der Waals surface area contributed by atoms with Gasteiger partial charge in [-0.3, -0.25) is 0 Å². The van der Waals surface area contributed by atoms with E-state index >= 15 is 0 Å². The highest BCUT2D eigenvalue weighted by molar-refractivity contribution is 6.33. The molecule has 22 heavy (non-hydrogen) atoms. The van der Waals surface area contributed by atoms with Crippen molar-refractivity contribution in [1.82, 2.24) is 4.90 Å². The highest BCUT2D eigenvalue weighted by Gasteiger charge is 2.30. The SMILES string of the molecule is CCCN1CCC(c2cc(Cl)c(N)c3c2OCC(C)O3)CC1. The van der Waals surface area contributed by atoms with Crippen LogP contribution in [0, 0.1) is 0 Å². The predicted octanol–water partition coefficient (Wildman–Crippen LogP) is 3.67. The Morgan fingerprint density at radius 3 is 2.73 bits per heavy atom. The maximum absolute atomic E-state index is 6.33. The van der Waals surface area contributed by atoms with Crippen molar-refractivity contribution in [2.45, 2.75) is 45.1 Å². The lowest BCUT2D eigenvalue weighted by Gasteiger charge is -2.34. The first kappa shape index (κ1) is 15.8. The molecule has 1 aromatic carbocycles. The third-order valence-electron chi connectivity index (χ3n) is 4.60. The summed E-state index contributed by atoms with van der Waals surface area (Å²) < 4.78 is 11.8. The van der Waals surface area contributed by atoms with Crippen LogP contribution >= 0.6 is 11.6 Å². The van der Waals surface area contributed by atoms with Gasteiger partial charge >= 0.3 is 0 Å². The molecule has 2 aliphatic rings. The van der Waals surface area contributed by atoms with Gasteiger partial charge in [0, 0.05) is 5.56 Å². The molecule has 2 heterocycles. The standard InChI is InChI=1S/C17H25ClN2O2/c1-3-6-20-7-4-12(5-8-20)13-9-14(18)15(19)17-16(13)21-10-11(2)22-17/h9,11-12H,3-8,10,19H2,1-2H3. The number of piperidine rings is 1. The Balaban J connectivity index is 1.86. The smallest absolute Gasteiger partial charge is 0.186 e. The molecular formula is C17H25ClN2O2. The zero-order chi connectivity index (χ0) is 15.7. The van der Waals surface area contributed by atoms with E-state index in [0.717, 1.165) is 37.2 Å². The summed E-state index contributed by atoms with van der Waals surface area (Å²) in [6.45, 7) is 8.22. The van der Waals surface area contributed by atoms with Gasteiger partial charge in [0.25, 0.3) is 0 Å². The van der Waals surface area contributed by atoms with Crippen molar-refractivity contribution in [2.75, 3.05) is 32.0 Å². The number of fused-ring (bicyclic) bond motifs is 1. The molecule has 4 nitrogen and oxygen atoms in total. The number of likely N-dealkylation sites (tertiary alicyclic amines) is 1. The molecule has 2 aliphatic heterocycles. The number of anilines is 1. The quantitative estimate of drug-likeness (QED) is 0.862. The number of rotatable bonds is 3. The lowest BCUT2D eigenvalue weighted by atomic mass is 9.88. The van der Waals surface area contributed by atoms with Crippen LogP contribution < -0.4 is 15.2 Å². The molecule has 122 valence electrons. The van der Waals surface area contributed by atoms with E-state index in [1.807, 2.05) is 13.0 Å². The molecule has 5 heteroatoms. The van der Waals surface area contributed by atoms with Crippen molar-refractivity contribution in [3.05, 3.63) is 16.7 Å². The Bertz CT molecular complexity index is 542. The van der Waals surface area contributed by atoms with E-state index in [0.29, 0.717) is 29.0 Å². The van der Waals surface area contributed by atoms with Gasteiger partial charge in [0.05, 0.1) is 10.7 Å². The Kier molecular flexibility index (Phi) is 4.69. The lowest BCUT2D eigenvalue weighted by Crippen LogP contribution is -2.34. The van der Waals surface area contributed by atoms with Crippen LogP contribution in [-0.2, 0) is 0 Å². The monoisotopic (exact) mass is 324 g/mol. The zero-order valence-electron chi connectivity index (χ0n) is 13.4. The first-order valence-electron chi connectivity index (χ1n) is 8.23. The van der Waals surface area contributed by atoms with Crippen LogP contribution in [-0.4, -0.2) is 37.2 Å². The van der Waals surface area contributed by atoms with Crippen LogP contribution in [0.1, 0.15) is 44.6 Å². The van der Waals surface area contributed by atoms with Crippen LogP contribution in [0.2, 0.25) is 5.02 Å². The fourth-order valence-corrected chi connectivity index (χ4v) is 3.63. The van der Waals surface area contributed by atoms with Crippen molar-refractivity contribution >= 4 is 17.3 Å². The molecule has 0 aliphatic carbocycles. The normalized spacial score (nSPS) is 22.8. The highest BCUT2D eigenvalue weighted by atomic mass is 35.5. The fraction of sp³-hybridized carbons (Fsp3) is 0.647. The summed E-state index contributed by atoms with van der Waals surface area (Å²) in [4.78, 5) is 2.53. The van der Waals surface area contributed by atoms with Crippen molar-refractivity contribution in [3.63, 3.8) is 0 Å². The lowest BCUT2D eigenvalue weighted by molar-refractivity contribution is 0.102. The van der Waals surface area contributed by atoms with E-state index in [2.05, 4.69) is 11.8 Å². The van der Waals surface area contributed by atoms with Crippen molar-refractivity contribution in [1.29, 1.82) is 0 Å². The largest absolute Gasteiger partial charge is 0.485 e. The fourth-order valence-electron chi connectivity index (χ4n) is 3.43. The molecule has 1 fully saturated rings. The van der Waals surface area contributed by atoms with Crippen LogP contribution in [0.5, 0.6) is 11.5 Å². The predicted molar refractivity (Wildman–Crippen MR) is 90.2 cm³/mol. The minimum atomic E-state index is 0.00696. The molecule has 1 atom stereocenters. The Hall–Kier alpha value is -1.13. The van der Waals surface area contributed by atoms with E-state index in [1.165, 1.54) is 13.0 Å². The molecule has 0 bridgehead atoms. The maximum atomic E-state index is 6.33. The average molecular weight is 325 g/mol. The van der Waals surface area contributed by atoms with Gasteiger partial charge in [-0.25, -0.2) is 0 Å². The summed E-state index contributed by atoms with van der Waals surface area (Å²) >= 11 is 6.33. The van der Waals surface area contributed by atoms with Gasteiger partial charge in [0.1, 0.15) is 12.7 Å². The molecule has 3 rings (SSSR count). The molecule has 1 unspecified atom stereocenters. The van der Waals surface area contributed by atoms with Crippen molar-refractivity contribution < 1.29 is 9.47 Å². The van der Waals surface area contributed by atoms with Gasteiger partial charge in [-0.05, 0) is 57.8 Å². The molecular weight excluding hydrogens is 300 g/mol. The average Bonchev–Trinajstić information content (AvgIpc) is 2.52. The minimum Gasteiger partial charge on any atom is -0.485 e. The Morgan fingerprint density at radius 1 is 1.32 bits per heavy atom. The second-order valence-electron chi connectivity index (χ2n) is 6.37. The number of halogens is 1. The topological polar surface area (TPSA) is 47.7 Å². The van der Waals surface area contributed by atoms with Crippen molar-refractivity contribution in [2.24, 2.45) is 0 Å². The number of nitrogen functional groups attached to an aromatic ring is 1. The summed E-state index contributed by atoms with van der Waals surface area (Å²) in [5, 5.41) is 0.572. The number of ether oxygens (including phenoxy) is 2. The molecule has 0 radical (unpaired) electrons. The summed E-state index contributed by atoms with van der Waals surface area (Å²) in [6.07, 6.45) is 3.48. The molecule has 2 N–H and O–H groups in total. The van der Waals surface area contributed by atoms with Gasteiger partial charge in [0.15, 0.2) is 11.5 Å². The number of benzene rings is 1. The van der Waals surface area contributed by atoms with Crippen molar-refractivity contribution in [3.8, 4) is 11.5 Å². The van der Waals surface area contributed by atoms with E-state index in [4.69, 9.17) is 26.8 Å². The summed E-state index contributed by atoms with van der Waals surface area (Å²) in [5.41, 5.74) is 7.74. The van der Waals surface area contributed by atoms with E-state index in [1.54, 1.807) is 0 Å². The van der Waals surface area contributed by atoms with Gasteiger partial charge in [0.2, 0.25) is 0 Å². The van der Waals surface area contributed by atoms with Crippen LogP contribution in [0.25, 0.3) is 0 Å². The molecule has 0 amide bonds. The number of hydrogen-bond acceptors (Lipinski definition) is 4. The van der Waals surface area contributed by atoms with E-state index in [-0.39, 0.29) is 6.10 Å². The van der Waals surface area contributed by atoms with E-state index in [9.17, 15) is 0 Å². The van der Waals surface area contributed by atoms with E-state index < -0.39 is 0 Å². The molecule has 1 saturated heterocycles. The van der Waals surface area contributed by atoms with Gasteiger partial charge in [-0.15, -0.1) is 0 Å². The maximum Gasteiger partial charge on any atom is 0.186 e. The van der Waals surface area contributed by atoms with Crippen LogP contribution in [0.3, 0.4) is 0 Å².